The molecular weight excluding hydrogens is 312 g/mol. The summed E-state index contributed by atoms with van der Waals surface area (Å²) in [4.78, 5) is 13.8. The largest absolute Gasteiger partial charge is 0.342 e. The number of hydrogen-bond acceptors (Lipinski definition) is 4. The second kappa shape index (κ2) is 7.77. The molecule has 0 aliphatic heterocycles. The zero-order chi connectivity index (χ0) is 16.0. The van der Waals surface area contributed by atoms with E-state index < -0.39 is 9.84 Å². The molecule has 0 saturated carbocycles. The number of rotatable bonds is 7. The fourth-order valence-electron chi connectivity index (χ4n) is 2.04. The van der Waals surface area contributed by atoms with Gasteiger partial charge in [0.25, 0.3) is 0 Å². The van der Waals surface area contributed by atoms with Crippen molar-refractivity contribution in [3.8, 4) is 0 Å². The van der Waals surface area contributed by atoms with E-state index in [0.29, 0.717) is 23.7 Å². The topological polar surface area (TPSA) is 66.5 Å². The molecule has 0 radical (unpaired) electrons. The van der Waals surface area contributed by atoms with Gasteiger partial charge in [-0.1, -0.05) is 17.7 Å². The van der Waals surface area contributed by atoms with Gasteiger partial charge in [-0.3, -0.25) is 4.79 Å². The minimum atomic E-state index is -3.35. The molecule has 1 aromatic carbocycles. The number of hydrogen-bond donors (Lipinski definition) is 1. The molecule has 1 rings (SSSR count). The Morgan fingerprint density at radius 3 is 2.43 bits per heavy atom. The summed E-state index contributed by atoms with van der Waals surface area (Å²) >= 11 is 6.07. The molecule has 1 amide bonds. The highest BCUT2D eigenvalue weighted by Crippen LogP contribution is 2.23. The molecule has 1 N–H and O–H groups in total. The Hall–Kier alpha value is -1.11. The van der Waals surface area contributed by atoms with Crippen LogP contribution in [-0.2, 0) is 21.2 Å². The van der Waals surface area contributed by atoms with E-state index in [1.165, 1.54) is 6.07 Å². The predicted molar refractivity (Wildman–Crippen MR) is 84.2 cm³/mol. The van der Waals surface area contributed by atoms with Gasteiger partial charge in [0, 0.05) is 36.5 Å². The van der Waals surface area contributed by atoms with Gasteiger partial charge < -0.3 is 10.2 Å². The van der Waals surface area contributed by atoms with Crippen LogP contribution in [0.2, 0.25) is 5.02 Å². The maximum atomic E-state index is 11.9. The lowest BCUT2D eigenvalue weighted by atomic mass is 10.2. The first-order valence-electron chi connectivity index (χ1n) is 6.77. The van der Waals surface area contributed by atoms with Crippen LogP contribution in [0.1, 0.15) is 19.4 Å². The van der Waals surface area contributed by atoms with Crippen LogP contribution in [0, 0.1) is 0 Å². The summed E-state index contributed by atoms with van der Waals surface area (Å²) in [5.41, 5.74) is 0.494. The Balaban J connectivity index is 2.79. The summed E-state index contributed by atoms with van der Waals surface area (Å²) in [5, 5.41) is 3.34. The summed E-state index contributed by atoms with van der Waals surface area (Å²) in [6, 6.07) is 4.76. The van der Waals surface area contributed by atoms with Crippen molar-refractivity contribution in [3.05, 3.63) is 28.8 Å². The Morgan fingerprint density at radius 1 is 1.29 bits per heavy atom. The van der Waals surface area contributed by atoms with Crippen molar-refractivity contribution >= 4 is 27.3 Å². The van der Waals surface area contributed by atoms with Gasteiger partial charge in [0.1, 0.15) is 0 Å². The van der Waals surface area contributed by atoms with E-state index in [2.05, 4.69) is 5.32 Å². The molecule has 0 spiro atoms. The number of halogens is 1. The normalized spacial score (nSPS) is 11.4. The van der Waals surface area contributed by atoms with Gasteiger partial charge in [0.05, 0.1) is 11.4 Å². The number of carbonyl (C=O) groups excluding carboxylic acids is 1. The molecule has 0 atom stereocenters. The van der Waals surface area contributed by atoms with Crippen LogP contribution in [0.15, 0.2) is 23.1 Å². The van der Waals surface area contributed by atoms with Crippen LogP contribution in [0.25, 0.3) is 0 Å². The standard InChI is InChI=1S/C14H21ClN2O3S/c1-4-17(5-2)14(18)10-16-9-11-12(15)7-6-8-13(11)21(3,19)20/h6-8,16H,4-5,9-10H2,1-3H3. The van der Waals surface area contributed by atoms with Crippen molar-refractivity contribution in [1.82, 2.24) is 10.2 Å². The summed E-state index contributed by atoms with van der Waals surface area (Å²) in [6.07, 6.45) is 1.14. The average molecular weight is 333 g/mol. The number of benzene rings is 1. The molecule has 0 aromatic heterocycles. The molecule has 7 heteroatoms. The maximum absolute atomic E-state index is 11.9. The van der Waals surface area contributed by atoms with E-state index >= 15 is 0 Å². The van der Waals surface area contributed by atoms with Gasteiger partial charge in [0.2, 0.25) is 5.91 Å². The molecule has 0 bridgehead atoms. The minimum absolute atomic E-state index is 0.0204. The molecule has 1 aromatic rings. The van der Waals surface area contributed by atoms with E-state index in [9.17, 15) is 13.2 Å². The minimum Gasteiger partial charge on any atom is -0.342 e. The maximum Gasteiger partial charge on any atom is 0.236 e. The molecule has 0 saturated heterocycles. The molecule has 0 aliphatic rings. The Kier molecular flexibility index (Phi) is 6.64. The van der Waals surface area contributed by atoms with Gasteiger partial charge >= 0.3 is 0 Å². The molecule has 21 heavy (non-hydrogen) atoms. The van der Waals surface area contributed by atoms with Gasteiger partial charge in [-0.2, -0.15) is 0 Å². The quantitative estimate of drug-likeness (QED) is 0.825. The third-order valence-corrected chi connectivity index (χ3v) is 4.71. The van der Waals surface area contributed by atoms with E-state index in [1.807, 2.05) is 13.8 Å². The molecular formula is C14H21ClN2O3S. The van der Waals surface area contributed by atoms with Crippen LogP contribution in [0.5, 0.6) is 0 Å². The van der Waals surface area contributed by atoms with Crippen LogP contribution >= 0.6 is 11.6 Å². The van der Waals surface area contributed by atoms with Gasteiger partial charge in [-0.05, 0) is 26.0 Å². The number of carbonyl (C=O) groups is 1. The number of nitrogens with zero attached hydrogens (tertiary/aromatic N) is 1. The SMILES string of the molecule is CCN(CC)C(=O)CNCc1c(Cl)cccc1S(C)(=O)=O. The summed E-state index contributed by atoms with van der Waals surface area (Å²) in [6.45, 7) is 5.51. The van der Waals surface area contributed by atoms with Crippen molar-refractivity contribution in [2.75, 3.05) is 25.9 Å². The van der Waals surface area contributed by atoms with Crippen LogP contribution < -0.4 is 5.32 Å². The highest BCUT2D eigenvalue weighted by atomic mass is 35.5. The fourth-order valence-corrected chi connectivity index (χ4v) is 3.29. The average Bonchev–Trinajstić information content (AvgIpc) is 2.40. The zero-order valence-corrected chi connectivity index (χ0v) is 14.1. The predicted octanol–water partition coefficient (Wildman–Crippen LogP) is 1.70. The van der Waals surface area contributed by atoms with Gasteiger partial charge in [0.15, 0.2) is 9.84 Å². The third kappa shape index (κ3) is 4.98. The lowest BCUT2D eigenvalue weighted by Crippen LogP contribution is -2.37. The van der Waals surface area contributed by atoms with E-state index in [0.717, 1.165) is 6.26 Å². The van der Waals surface area contributed by atoms with Crippen molar-refractivity contribution in [2.24, 2.45) is 0 Å². The number of nitrogens with one attached hydrogen (secondary N) is 1. The van der Waals surface area contributed by atoms with E-state index in [1.54, 1.807) is 17.0 Å². The summed E-state index contributed by atoms with van der Waals surface area (Å²) in [5.74, 6) is -0.0204. The van der Waals surface area contributed by atoms with Crippen LogP contribution in [0.3, 0.4) is 0 Å². The number of sulfone groups is 1. The zero-order valence-electron chi connectivity index (χ0n) is 12.5. The van der Waals surface area contributed by atoms with Crippen molar-refractivity contribution in [3.63, 3.8) is 0 Å². The molecule has 118 valence electrons. The molecule has 0 heterocycles. The first-order valence-corrected chi connectivity index (χ1v) is 9.04. The van der Waals surface area contributed by atoms with Gasteiger partial charge in [-0.15, -0.1) is 0 Å². The van der Waals surface area contributed by atoms with Crippen LogP contribution in [-0.4, -0.2) is 45.1 Å². The van der Waals surface area contributed by atoms with Crippen molar-refractivity contribution in [1.29, 1.82) is 0 Å². The van der Waals surface area contributed by atoms with Crippen LogP contribution in [0.4, 0.5) is 0 Å². The van der Waals surface area contributed by atoms with Crippen molar-refractivity contribution < 1.29 is 13.2 Å². The Labute approximate surface area is 131 Å². The first kappa shape index (κ1) is 17.9. The molecule has 5 nitrogen and oxygen atoms in total. The van der Waals surface area contributed by atoms with Crippen molar-refractivity contribution in [2.45, 2.75) is 25.3 Å². The molecule has 0 unspecified atom stereocenters. The Morgan fingerprint density at radius 2 is 1.90 bits per heavy atom. The summed E-state index contributed by atoms with van der Waals surface area (Å²) < 4.78 is 23.5. The number of amides is 1. The smallest absolute Gasteiger partial charge is 0.236 e. The highest BCUT2D eigenvalue weighted by molar-refractivity contribution is 7.90. The van der Waals surface area contributed by atoms with E-state index in [4.69, 9.17) is 11.6 Å². The molecule has 0 aliphatic carbocycles. The fraction of sp³-hybridized carbons (Fsp3) is 0.500. The lowest BCUT2D eigenvalue weighted by molar-refractivity contribution is -0.129. The first-order chi connectivity index (χ1) is 9.81. The third-order valence-electron chi connectivity index (χ3n) is 3.17. The van der Waals surface area contributed by atoms with E-state index in [-0.39, 0.29) is 23.9 Å². The van der Waals surface area contributed by atoms with Gasteiger partial charge in [-0.25, -0.2) is 8.42 Å². The second-order valence-electron chi connectivity index (χ2n) is 4.66. The lowest BCUT2D eigenvalue weighted by Gasteiger charge is -2.19. The monoisotopic (exact) mass is 332 g/mol. The molecule has 0 fully saturated rings. The highest BCUT2D eigenvalue weighted by Gasteiger charge is 2.16. The Bertz CT molecular complexity index is 598. The second-order valence-corrected chi connectivity index (χ2v) is 7.05. The summed E-state index contributed by atoms with van der Waals surface area (Å²) in [7, 11) is -3.35. The number of likely N-dealkylation sites (N-methyl/N-ethyl adjacent to an activating group) is 1.